The second-order valence-corrected chi connectivity index (χ2v) is 2.77. The lowest BCUT2D eigenvalue weighted by atomic mass is 10.1. The highest BCUT2D eigenvalue weighted by molar-refractivity contribution is 5.93. The second-order valence-electron chi connectivity index (χ2n) is 2.77. The third kappa shape index (κ3) is 3.11. The minimum Gasteiger partial charge on any atom is -0.465 e. The average molecular weight is 218 g/mol. The third-order valence-corrected chi connectivity index (χ3v) is 1.80. The van der Waals surface area contributed by atoms with E-state index >= 15 is 0 Å². The molecule has 0 amide bonds. The van der Waals surface area contributed by atoms with Crippen molar-refractivity contribution in [1.29, 1.82) is 0 Å². The number of methoxy groups -OCH3 is 1. The topological polar surface area (TPSA) is 88.0 Å². The smallest absolute Gasteiger partial charge is 0.338 e. The second kappa shape index (κ2) is 6.21. The molecule has 0 saturated carbocycles. The van der Waals surface area contributed by atoms with Gasteiger partial charge >= 0.3 is 5.97 Å². The van der Waals surface area contributed by atoms with Crippen LogP contribution in [0.15, 0.2) is 29.7 Å². The number of pyridine rings is 1. The van der Waals surface area contributed by atoms with Crippen LogP contribution >= 0.6 is 0 Å². The molecule has 6 heteroatoms. The van der Waals surface area contributed by atoms with E-state index in [4.69, 9.17) is 5.53 Å². The Balaban J connectivity index is 2.90. The van der Waals surface area contributed by atoms with Gasteiger partial charge in [-0.3, -0.25) is 4.98 Å². The zero-order valence-electron chi connectivity index (χ0n) is 8.70. The van der Waals surface area contributed by atoms with Gasteiger partial charge in [0.2, 0.25) is 0 Å². The van der Waals surface area contributed by atoms with Gasteiger partial charge in [-0.2, -0.15) is 0 Å². The van der Waals surface area contributed by atoms with Crippen molar-refractivity contribution < 1.29 is 9.53 Å². The molecule has 82 valence electrons. The fourth-order valence-electron chi connectivity index (χ4n) is 1.10. The van der Waals surface area contributed by atoms with E-state index in [0.29, 0.717) is 11.1 Å². The van der Waals surface area contributed by atoms with Crippen molar-refractivity contribution in [2.75, 3.05) is 13.7 Å². The van der Waals surface area contributed by atoms with Crippen molar-refractivity contribution in [2.24, 2.45) is 5.11 Å². The molecule has 0 aliphatic heterocycles. The molecule has 0 bridgehead atoms. The van der Waals surface area contributed by atoms with Crippen LogP contribution < -0.4 is 0 Å². The summed E-state index contributed by atoms with van der Waals surface area (Å²) >= 11 is 0. The van der Waals surface area contributed by atoms with Crippen molar-refractivity contribution in [3.05, 3.63) is 46.1 Å². The zero-order valence-corrected chi connectivity index (χ0v) is 8.70. The standard InChI is InChI=1S/C10H10N4O2/c1-16-10(15)9-4-6-12-7-8(9)3-2-5-13-14-11/h2-4,6-7H,5H2,1H3. The highest BCUT2D eigenvalue weighted by Gasteiger charge is 2.08. The van der Waals surface area contributed by atoms with Gasteiger partial charge in [0, 0.05) is 29.4 Å². The van der Waals surface area contributed by atoms with E-state index in [0.717, 1.165) is 0 Å². The van der Waals surface area contributed by atoms with Crippen LogP contribution in [0.2, 0.25) is 0 Å². The molecule has 1 heterocycles. The maximum Gasteiger partial charge on any atom is 0.338 e. The number of rotatable bonds is 4. The summed E-state index contributed by atoms with van der Waals surface area (Å²) in [4.78, 5) is 17.9. The lowest BCUT2D eigenvalue weighted by molar-refractivity contribution is 0.0600. The number of hydrogen-bond donors (Lipinski definition) is 0. The molecule has 0 aliphatic rings. The van der Waals surface area contributed by atoms with E-state index < -0.39 is 5.97 Å². The molecule has 1 aromatic heterocycles. The molecule has 0 atom stereocenters. The van der Waals surface area contributed by atoms with Crippen molar-refractivity contribution in [3.8, 4) is 0 Å². The monoisotopic (exact) mass is 218 g/mol. The van der Waals surface area contributed by atoms with Crippen LogP contribution in [0.4, 0.5) is 0 Å². The van der Waals surface area contributed by atoms with Gasteiger partial charge in [0.1, 0.15) is 0 Å². The SMILES string of the molecule is COC(=O)c1ccncc1C=CCN=[N+]=[N-]. The van der Waals surface area contributed by atoms with Crippen LogP contribution in [-0.2, 0) is 4.74 Å². The summed E-state index contributed by atoms with van der Waals surface area (Å²) in [5, 5.41) is 3.34. The number of aromatic nitrogens is 1. The molecule has 0 radical (unpaired) electrons. The lowest BCUT2D eigenvalue weighted by Gasteiger charge is -2.02. The molecule has 16 heavy (non-hydrogen) atoms. The molecule has 0 N–H and O–H groups in total. The van der Waals surface area contributed by atoms with Crippen molar-refractivity contribution in [2.45, 2.75) is 0 Å². The van der Waals surface area contributed by atoms with Crippen LogP contribution in [0.5, 0.6) is 0 Å². The summed E-state index contributed by atoms with van der Waals surface area (Å²) in [5.41, 5.74) is 9.14. The number of hydrogen-bond acceptors (Lipinski definition) is 4. The predicted octanol–water partition coefficient (Wildman–Crippen LogP) is 2.19. The van der Waals surface area contributed by atoms with Gasteiger partial charge in [0.25, 0.3) is 0 Å². The van der Waals surface area contributed by atoms with E-state index in [9.17, 15) is 4.79 Å². The molecule has 1 aromatic rings. The van der Waals surface area contributed by atoms with Crippen LogP contribution in [0.25, 0.3) is 16.5 Å². The molecule has 0 saturated heterocycles. The largest absolute Gasteiger partial charge is 0.465 e. The number of carbonyl (C=O) groups excluding carboxylic acids is 1. The molecule has 0 unspecified atom stereocenters. The van der Waals surface area contributed by atoms with E-state index in [1.165, 1.54) is 13.3 Å². The van der Waals surface area contributed by atoms with E-state index in [2.05, 4.69) is 19.7 Å². The molecule has 0 spiro atoms. The van der Waals surface area contributed by atoms with Crippen molar-refractivity contribution in [1.82, 2.24) is 4.98 Å². The van der Waals surface area contributed by atoms with Gasteiger partial charge in [-0.1, -0.05) is 17.3 Å². The van der Waals surface area contributed by atoms with E-state index in [1.807, 2.05) is 0 Å². The fourth-order valence-corrected chi connectivity index (χ4v) is 1.10. The van der Waals surface area contributed by atoms with Crippen LogP contribution in [-0.4, -0.2) is 24.6 Å². The Hall–Kier alpha value is -2.33. The minimum absolute atomic E-state index is 0.228. The fraction of sp³-hybridized carbons (Fsp3) is 0.200. The Morgan fingerprint density at radius 3 is 3.25 bits per heavy atom. The molecule has 0 aromatic carbocycles. The van der Waals surface area contributed by atoms with Gasteiger partial charge in [-0.15, -0.1) is 0 Å². The minimum atomic E-state index is -0.425. The van der Waals surface area contributed by atoms with E-state index in [-0.39, 0.29) is 6.54 Å². The Labute approximate surface area is 92.2 Å². The summed E-state index contributed by atoms with van der Waals surface area (Å²) in [6.45, 7) is 0.228. The van der Waals surface area contributed by atoms with Gasteiger partial charge in [-0.25, -0.2) is 4.79 Å². The van der Waals surface area contributed by atoms with Gasteiger partial charge < -0.3 is 4.74 Å². The molecule has 0 aliphatic carbocycles. The molecular formula is C10H10N4O2. The summed E-state index contributed by atoms with van der Waals surface area (Å²) in [6.07, 6.45) is 6.35. The number of esters is 1. The highest BCUT2D eigenvalue weighted by Crippen LogP contribution is 2.10. The molecule has 1 rings (SSSR count). The Kier molecular flexibility index (Phi) is 4.56. The number of carbonyl (C=O) groups is 1. The summed E-state index contributed by atoms with van der Waals surface area (Å²) in [5.74, 6) is -0.425. The quantitative estimate of drug-likeness (QED) is 0.336. The molecule has 0 fully saturated rings. The van der Waals surface area contributed by atoms with Crippen LogP contribution in [0.1, 0.15) is 15.9 Å². The Bertz CT molecular complexity index is 450. The Morgan fingerprint density at radius 2 is 2.56 bits per heavy atom. The van der Waals surface area contributed by atoms with E-state index in [1.54, 1.807) is 24.4 Å². The van der Waals surface area contributed by atoms with Gasteiger partial charge in [-0.05, 0) is 11.6 Å². The summed E-state index contributed by atoms with van der Waals surface area (Å²) in [6, 6.07) is 1.57. The maximum atomic E-state index is 11.4. The predicted molar refractivity (Wildman–Crippen MR) is 58.6 cm³/mol. The first-order valence-electron chi connectivity index (χ1n) is 4.49. The number of ether oxygens (including phenoxy) is 1. The number of nitrogens with zero attached hydrogens (tertiary/aromatic N) is 4. The van der Waals surface area contributed by atoms with Gasteiger partial charge in [0.05, 0.1) is 12.7 Å². The lowest BCUT2D eigenvalue weighted by Crippen LogP contribution is -2.03. The third-order valence-electron chi connectivity index (χ3n) is 1.80. The molecule has 6 nitrogen and oxygen atoms in total. The van der Waals surface area contributed by atoms with Crippen molar-refractivity contribution in [3.63, 3.8) is 0 Å². The van der Waals surface area contributed by atoms with Gasteiger partial charge in [0.15, 0.2) is 0 Å². The Morgan fingerprint density at radius 1 is 1.75 bits per heavy atom. The number of azide groups is 1. The first-order valence-corrected chi connectivity index (χ1v) is 4.49. The highest BCUT2D eigenvalue weighted by atomic mass is 16.5. The van der Waals surface area contributed by atoms with Crippen LogP contribution in [0, 0.1) is 0 Å². The van der Waals surface area contributed by atoms with Crippen LogP contribution in [0.3, 0.4) is 0 Å². The average Bonchev–Trinajstić information content (AvgIpc) is 2.34. The summed E-state index contributed by atoms with van der Waals surface area (Å²) < 4.78 is 4.62. The summed E-state index contributed by atoms with van der Waals surface area (Å²) in [7, 11) is 1.32. The van der Waals surface area contributed by atoms with Crippen molar-refractivity contribution >= 4 is 12.0 Å². The first kappa shape index (κ1) is 11.7. The maximum absolute atomic E-state index is 11.4. The molecular weight excluding hydrogens is 208 g/mol. The zero-order chi connectivity index (χ0) is 11.8. The first-order chi connectivity index (χ1) is 7.79. The normalized spacial score (nSPS) is 9.81.